The first kappa shape index (κ1) is 21.3. The van der Waals surface area contributed by atoms with Crippen molar-refractivity contribution >= 4 is 21.9 Å². The van der Waals surface area contributed by atoms with Crippen molar-refractivity contribution in [1.29, 1.82) is 0 Å². The maximum absolute atomic E-state index is 12.8. The molecule has 0 saturated carbocycles. The highest BCUT2D eigenvalue weighted by Crippen LogP contribution is 2.26. The normalized spacial score (nSPS) is 22.2. The minimum atomic E-state index is -3.61. The number of nitrogens with one attached hydrogen (secondary N) is 1. The molecule has 150 valence electrons. The smallest absolute Gasteiger partial charge is 0.334 e. The lowest BCUT2D eigenvalue weighted by atomic mass is 9.94. The van der Waals surface area contributed by atoms with Crippen LogP contribution in [0.3, 0.4) is 0 Å². The Labute approximate surface area is 159 Å². The fourth-order valence-electron chi connectivity index (χ4n) is 3.29. The predicted molar refractivity (Wildman–Crippen MR) is 98.9 cm³/mol. The molecule has 0 radical (unpaired) electrons. The van der Waals surface area contributed by atoms with Crippen LogP contribution in [0.4, 0.5) is 0 Å². The number of sulfonamides is 1. The Morgan fingerprint density at radius 1 is 1.22 bits per heavy atom. The van der Waals surface area contributed by atoms with Gasteiger partial charge in [0.15, 0.2) is 6.10 Å². The maximum atomic E-state index is 12.8. The average molecular weight is 398 g/mol. The van der Waals surface area contributed by atoms with Gasteiger partial charge >= 0.3 is 5.97 Å². The number of piperidine rings is 1. The summed E-state index contributed by atoms with van der Waals surface area (Å²) < 4.78 is 31.9. The molecule has 1 saturated heterocycles. The Bertz CT molecular complexity index is 768. The number of benzene rings is 1. The lowest BCUT2D eigenvalue weighted by molar-refractivity contribution is -0.148. The molecule has 1 heterocycles. The molecule has 0 bridgehead atoms. The fourth-order valence-corrected chi connectivity index (χ4v) is 4.97. The van der Waals surface area contributed by atoms with Gasteiger partial charge in [-0.2, -0.15) is 4.31 Å². The summed E-state index contributed by atoms with van der Waals surface area (Å²) in [5.41, 5.74) is 0.245. The molecular formula is C18H26N2O6S. The van der Waals surface area contributed by atoms with Crippen LogP contribution in [0.25, 0.3) is 0 Å². The Kier molecular flexibility index (Phi) is 6.96. The molecular weight excluding hydrogens is 372 g/mol. The van der Waals surface area contributed by atoms with Crippen LogP contribution < -0.4 is 5.32 Å². The van der Waals surface area contributed by atoms with E-state index in [1.54, 1.807) is 0 Å². The molecule has 3 unspecified atom stereocenters. The number of carboxylic acid groups (broad SMARTS) is 1. The van der Waals surface area contributed by atoms with E-state index in [-0.39, 0.29) is 17.0 Å². The van der Waals surface area contributed by atoms with Gasteiger partial charge in [0.05, 0.1) is 11.4 Å². The predicted octanol–water partition coefficient (Wildman–Crippen LogP) is 1.18. The van der Waals surface area contributed by atoms with Crippen molar-refractivity contribution in [3.63, 3.8) is 0 Å². The summed E-state index contributed by atoms with van der Waals surface area (Å²) >= 11 is 0. The van der Waals surface area contributed by atoms with E-state index in [1.165, 1.54) is 35.7 Å². The molecule has 9 heteroatoms. The molecule has 2 rings (SSSR count). The van der Waals surface area contributed by atoms with Crippen molar-refractivity contribution < 1.29 is 27.9 Å². The number of aliphatic carboxylic acids is 1. The fraction of sp³-hybridized carbons (Fsp3) is 0.556. The van der Waals surface area contributed by atoms with Gasteiger partial charge in [0.25, 0.3) is 5.91 Å². The number of hydrogen-bond donors (Lipinski definition) is 2. The monoisotopic (exact) mass is 398 g/mol. The molecule has 1 aliphatic rings. The first-order valence-electron chi connectivity index (χ1n) is 8.79. The minimum Gasteiger partial charge on any atom is -0.479 e. The number of methoxy groups -OCH3 is 1. The Balaban J connectivity index is 2.07. The maximum Gasteiger partial charge on any atom is 0.334 e. The van der Waals surface area contributed by atoms with Gasteiger partial charge in [0.2, 0.25) is 10.0 Å². The molecule has 0 spiro atoms. The van der Waals surface area contributed by atoms with Gasteiger partial charge in [0, 0.05) is 25.8 Å². The third kappa shape index (κ3) is 5.27. The summed E-state index contributed by atoms with van der Waals surface area (Å²) in [5, 5.41) is 11.4. The molecule has 27 heavy (non-hydrogen) atoms. The quantitative estimate of drug-likeness (QED) is 0.713. The number of rotatable bonds is 7. The van der Waals surface area contributed by atoms with Crippen molar-refractivity contribution in [2.75, 3.05) is 26.7 Å². The van der Waals surface area contributed by atoms with Crippen molar-refractivity contribution in [3.05, 3.63) is 29.8 Å². The molecule has 1 aromatic rings. The molecule has 0 aliphatic carbocycles. The largest absolute Gasteiger partial charge is 0.479 e. The van der Waals surface area contributed by atoms with E-state index < -0.39 is 28.0 Å². The van der Waals surface area contributed by atoms with Crippen LogP contribution in [-0.4, -0.2) is 62.6 Å². The highest BCUT2D eigenvalue weighted by atomic mass is 32.2. The average Bonchev–Trinajstić information content (AvgIpc) is 2.61. The topological polar surface area (TPSA) is 113 Å². The summed E-state index contributed by atoms with van der Waals surface area (Å²) in [4.78, 5) is 23.1. The Morgan fingerprint density at radius 3 is 2.26 bits per heavy atom. The number of carbonyl (C=O) groups excluding carboxylic acids is 1. The van der Waals surface area contributed by atoms with Crippen LogP contribution >= 0.6 is 0 Å². The number of ether oxygens (including phenoxy) is 1. The van der Waals surface area contributed by atoms with E-state index in [9.17, 15) is 18.0 Å². The Hall–Kier alpha value is -1.97. The van der Waals surface area contributed by atoms with Crippen LogP contribution in [0.15, 0.2) is 29.2 Å². The third-order valence-electron chi connectivity index (χ3n) is 4.60. The second-order valence-electron chi connectivity index (χ2n) is 7.07. The third-order valence-corrected chi connectivity index (χ3v) is 6.44. The summed E-state index contributed by atoms with van der Waals surface area (Å²) in [6.45, 7) is 4.87. The number of carboxylic acids is 1. The number of hydrogen-bond acceptors (Lipinski definition) is 5. The van der Waals surface area contributed by atoms with Gasteiger partial charge < -0.3 is 15.2 Å². The van der Waals surface area contributed by atoms with Gasteiger partial charge in [0.1, 0.15) is 0 Å². The summed E-state index contributed by atoms with van der Waals surface area (Å²) in [6.07, 6.45) is -0.138. The second-order valence-corrected chi connectivity index (χ2v) is 9.00. The van der Waals surface area contributed by atoms with Crippen LogP contribution in [0.5, 0.6) is 0 Å². The number of carbonyl (C=O) groups is 2. The molecule has 1 aromatic carbocycles. The van der Waals surface area contributed by atoms with Gasteiger partial charge in [-0.15, -0.1) is 0 Å². The van der Waals surface area contributed by atoms with Crippen LogP contribution in [0.1, 0.15) is 30.6 Å². The highest BCUT2D eigenvalue weighted by molar-refractivity contribution is 7.89. The SMILES string of the molecule is COC(CNC(=O)c1ccc(S(=O)(=O)N2CC(C)CC(C)C2)cc1)C(=O)O. The lowest BCUT2D eigenvalue weighted by Crippen LogP contribution is -2.42. The van der Waals surface area contributed by atoms with E-state index in [2.05, 4.69) is 5.32 Å². The number of nitrogens with zero attached hydrogens (tertiary/aromatic N) is 1. The van der Waals surface area contributed by atoms with E-state index in [1.807, 2.05) is 13.8 Å². The van der Waals surface area contributed by atoms with Crippen LogP contribution in [-0.2, 0) is 19.6 Å². The number of amides is 1. The first-order valence-corrected chi connectivity index (χ1v) is 10.2. The zero-order valence-electron chi connectivity index (χ0n) is 15.7. The van der Waals surface area contributed by atoms with Gasteiger partial charge in [-0.05, 0) is 42.5 Å². The molecule has 1 amide bonds. The second kappa shape index (κ2) is 8.81. The van der Waals surface area contributed by atoms with Gasteiger partial charge in [-0.25, -0.2) is 13.2 Å². The molecule has 2 N–H and O–H groups in total. The molecule has 1 fully saturated rings. The summed E-state index contributed by atoms with van der Waals surface area (Å²) in [7, 11) is -2.36. The van der Waals surface area contributed by atoms with Crippen molar-refractivity contribution in [3.8, 4) is 0 Å². The first-order chi connectivity index (χ1) is 12.6. The molecule has 1 aliphatic heterocycles. The van der Waals surface area contributed by atoms with E-state index in [0.717, 1.165) is 6.42 Å². The van der Waals surface area contributed by atoms with Crippen molar-refractivity contribution in [1.82, 2.24) is 9.62 Å². The van der Waals surface area contributed by atoms with Crippen molar-refractivity contribution in [2.45, 2.75) is 31.3 Å². The van der Waals surface area contributed by atoms with Crippen molar-refractivity contribution in [2.24, 2.45) is 11.8 Å². The summed E-state index contributed by atoms with van der Waals surface area (Å²) in [6, 6.07) is 5.64. The van der Waals surface area contributed by atoms with E-state index in [0.29, 0.717) is 24.9 Å². The molecule has 8 nitrogen and oxygen atoms in total. The van der Waals surface area contributed by atoms with E-state index in [4.69, 9.17) is 9.84 Å². The standard InChI is InChI=1S/C18H26N2O6S/c1-12-8-13(2)11-20(10-12)27(24,25)15-6-4-14(5-7-15)17(21)19-9-16(26-3)18(22)23/h4-7,12-13,16H,8-11H2,1-3H3,(H,19,21)(H,22,23). The molecule has 3 atom stereocenters. The summed E-state index contributed by atoms with van der Waals surface area (Å²) in [5.74, 6) is -1.07. The zero-order chi connectivity index (χ0) is 20.2. The Morgan fingerprint density at radius 2 is 1.78 bits per heavy atom. The highest BCUT2D eigenvalue weighted by Gasteiger charge is 2.31. The van der Waals surface area contributed by atoms with Crippen LogP contribution in [0, 0.1) is 11.8 Å². The van der Waals surface area contributed by atoms with Gasteiger partial charge in [-0.1, -0.05) is 13.8 Å². The molecule has 0 aromatic heterocycles. The van der Waals surface area contributed by atoms with E-state index >= 15 is 0 Å². The van der Waals surface area contributed by atoms with Gasteiger partial charge in [-0.3, -0.25) is 4.79 Å². The zero-order valence-corrected chi connectivity index (χ0v) is 16.5. The lowest BCUT2D eigenvalue weighted by Gasteiger charge is -2.34. The minimum absolute atomic E-state index is 0.139. The van der Waals surface area contributed by atoms with Crippen LogP contribution in [0.2, 0.25) is 0 Å².